The highest BCUT2D eigenvalue weighted by atomic mass is 19.1. The monoisotopic (exact) mass is 365 g/mol. The number of nitrogens with one attached hydrogen (secondary N) is 2. The molecule has 1 aromatic carbocycles. The topological polar surface area (TPSA) is 96.7 Å². The SMILES string of the molecule is Cc1noc2nc(-c3ccccc3F)cc(C(=O)N[C@@H](C)c3cn[nH]c3)c12. The summed E-state index contributed by atoms with van der Waals surface area (Å²) in [7, 11) is 0. The maximum Gasteiger partial charge on any atom is 0.259 e. The van der Waals surface area contributed by atoms with Crippen molar-refractivity contribution in [3.63, 3.8) is 0 Å². The van der Waals surface area contributed by atoms with E-state index in [-0.39, 0.29) is 23.2 Å². The van der Waals surface area contributed by atoms with Crippen molar-refractivity contribution in [1.82, 2.24) is 25.7 Å². The van der Waals surface area contributed by atoms with Gasteiger partial charge in [-0.1, -0.05) is 17.3 Å². The van der Waals surface area contributed by atoms with Crippen LogP contribution < -0.4 is 5.32 Å². The molecule has 1 atom stereocenters. The number of aromatic nitrogens is 4. The Balaban J connectivity index is 1.80. The zero-order valence-electron chi connectivity index (χ0n) is 14.7. The second-order valence-electron chi connectivity index (χ2n) is 6.21. The van der Waals surface area contributed by atoms with Crippen LogP contribution in [0.1, 0.15) is 34.6 Å². The van der Waals surface area contributed by atoms with Gasteiger partial charge in [0.2, 0.25) is 0 Å². The van der Waals surface area contributed by atoms with Gasteiger partial charge in [0.25, 0.3) is 11.6 Å². The van der Waals surface area contributed by atoms with Crippen molar-refractivity contribution in [3.8, 4) is 11.3 Å². The highest BCUT2D eigenvalue weighted by Crippen LogP contribution is 2.28. The fourth-order valence-electron chi connectivity index (χ4n) is 2.94. The number of carbonyl (C=O) groups is 1. The Morgan fingerprint density at radius 1 is 1.33 bits per heavy atom. The molecule has 0 saturated heterocycles. The minimum atomic E-state index is -0.432. The van der Waals surface area contributed by atoms with Gasteiger partial charge in [0.05, 0.1) is 34.6 Å². The van der Waals surface area contributed by atoms with Crippen molar-refractivity contribution in [2.45, 2.75) is 19.9 Å². The van der Waals surface area contributed by atoms with Crippen LogP contribution in [-0.4, -0.2) is 26.2 Å². The van der Waals surface area contributed by atoms with E-state index in [4.69, 9.17) is 4.52 Å². The van der Waals surface area contributed by atoms with Gasteiger partial charge in [0, 0.05) is 17.3 Å². The van der Waals surface area contributed by atoms with E-state index in [1.54, 1.807) is 43.6 Å². The fraction of sp³-hybridized carbons (Fsp3) is 0.158. The van der Waals surface area contributed by atoms with Crippen molar-refractivity contribution in [2.24, 2.45) is 0 Å². The van der Waals surface area contributed by atoms with Gasteiger partial charge in [-0.25, -0.2) is 9.37 Å². The number of pyridine rings is 1. The molecule has 1 amide bonds. The van der Waals surface area contributed by atoms with Gasteiger partial charge < -0.3 is 9.84 Å². The summed E-state index contributed by atoms with van der Waals surface area (Å²) in [5, 5.41) is 13.9. The number of amides is 1. The third-order valence-electron chi connectivity index (χ3n) is 4.38. The van der Waals surface area contributed by atoms with E-state index in [0.717, 1.165) is 5.56 Å². The van der Waals surface area contributed by atoms with E-state index in [9.17, 15) is 9.18 Å². The van der Waals surface area contributed by atoms with Crippen molar-refractivity contribution in [3.05, 3.63) is 65.4 Å². The van der Waals surface area contributed by atoms with Gasteiger partial charge >= 0.3 is 0 Å². The zero-order valence-corrected chi connectivity index (χ0v) is 14.7. The van der Waals surface area contributed by atoms with E-state index in [0.29, 0.717) is 22.3 Å². The van der Waals surface area contributed by atoms with Crippen molar-refractivity contribution < 1.29 is 13.7 Å². The molecule has 0 saturated carbocycles. The summed E-state index contributed by atoms with van der Waals surface area (Å²) in [4.78, 5) is 17.3. The molecule has 2 N–H and O–H groups in total. The largest absolute Gasteiger partial charge is 0.345 e. The lowest BCUT2D eigenvalue weighted by molar-refractivity contribution is 0.0941. The van der Waals surface area contributed by atoms with E-state index in [1.165, 1.54) is 6.07 Å². The zero-order chi connectivity index (χ0) is 19.0. The molecule has 3 aromatic heterocycles. The van der Waals surface area contributed by atoms with Crippen molar-refractivity contribution >= 4 is 17.0 Å². The number of hydrogen-bond acceptors (Lipinski definition) is 5. The molecule has 4 rings (SSSR count). The van der Waals surface area contributed by atoms with Crippen LogP contribution in [0.2, 0.25) is 0 Å². The predicted molar refractivity (Wildman–Crippen MR) is 96.4 cm³/mol. The Morgan fingerprint density at radius 2 is 2.15 bits per heavy atom. The van der Waals surface area contributed by atoms with Crippen LogP contribution in [-0.2, 0) is 0 Å². The Hall–Kier alpha value is -3.55. The van der Waals surface area contributed by atoms with Crippen LogP contribution in [0.4, 0.5) is 4.39 Å². The van der Waals surface area contributed by atoms with Gasteiger partial charge in [-0.05, 0) is 32.0 Å². The first-order chi connectivity index (χ1) is 13.0. The van der Waals surface area contributed by atoms with Crippen LogP contribution in [0.15, 0.2) is 47.2 Å². The lowest BCUT2D eigenvalue weighted by atomic mass is 10.0. The van der Waals surface area contributed by atoms with Gasteiger partial charge in [-0.15, -0.1) is 0 Å². The number of hydrogen-bond donors (Lipinski definition) is 2. The van der Waals surface area contributed by atoms with E-state index in [1.807, 2.05) is 6.92 Å². The summed E-state index contributed by atoms with van der Waals surface area (Å²) in [6.07, 6.45) is 3.35. The molecule has 4 aromatic rings. The van der Waals surface area contributed by atoms with E-state index in [2.05, 4.69) is 25.7 Å². The molecule has 0 aliphatic heterocycles. The smallest absolute Gasteiger partial charge is 0.259 e. The molecule has 0 aliphatic carbocycles. The third-order valence-corrected chi connectivity index (χ3v) is 4.38. The Morgan fingerprint density at radius 3 is 2.89 bits per heavy atom. The van der Waals surface area contributed by atoms with Gasteiger partial charge in [-0.3, -0.25) is 9.89 Å². The summed E-state index contributed by atoms with van der Waals surface area (Å²) in [5.41, 5.74) is 2.48. The number of benzene rings is 1. The average molecular weight is 365 g/mol. The van der Waals surface area contributed by atoms with Crippen LogP contribution >= 0.6 is 0 Å². The highest BCUT2D eigenvalue weighted by Gasteiger charge is 2.21. The van der Waals surface area contributed by atoms with Gasteiger partial charge in [-0.2, -0.15) is 5.10 Å². The lowest BCUT2D eigenvalue weighted by Crippen LogP contribution is -2.26. The molecule has 136 valence electrons. The number of aryl methyl sites for hydroxylation is 1. The summed E-state index contributed by atoms with van der Waals surface area (Å²) >= 11 is 0. The number of fused-ring (bicyclic) bond motifs is 1. The Kier molecular flexibility index (Phi) is 4.15. The summed E-state index contributed by atoms with van der Waals surface area (Å²) in [6.45, 7) is 3.58. The minimum absolute atomic E-state index is 0.189. The quantitative estimate of drug-likeness (QED) is 0.576. The first-order valence-corrected chi connectivity index (χ1v) is 8.36. The predicted octanol–water partition coefficient (Wildman–Crippen LogP) is 3.55. The third kappa shape index (κ3) is 3.05. The molecule has 8 heteroatoms. The molecule has 27 heavy (non-hydrogen) atoms. The normalized spacial score (nSPS) is 12.3. The minimum Gasteiger partial charge on any atom is -0.345 e. The molecule has 3 heterocycles. The van der Waals surface area contributed by atoms with Crippen LogP contribution in [0.25, 0.3) is 22.4 Å². The van der Waals surface area contributed by atoms with Crippen LogP contribution in [0.5, 0.6) is 0 Å². The van der Waals surface area contributed by atoms with Crippen molar-refractivity contribution in [1.29, 1.82) is 0 Å². The van der Waals surface area contributed by atoms with Crippen LogP contribution in [0.3, 0.4) is 0 Å². The number of halogens is 1. The molecular weight excluding hydrogens is 349 g/mol. The molecule has 0 spiro atoms. The maximum absolute atomic E-state index is 14.2. The molecule has 0 unspecified atom stereocenters. The molecule has 0 aliphatic rings. The molecule has 7 nitrogen and oxygen atoms in total. The van der Waals surface area contributed by atoms with Crippen molar-refractivity contribution in [2.75, 3.05) is 0 Å². The van der Waals surface area contributed by atoms with E-state index >= 15 is 0 Å². The molecule has 0 fully saturated rings. The number of rotatable bonds is 4. The Labute approximate surface area is 153 Å². The second-order valence-corrected chi connectivity index (χ2v) is 6.21. The van der Waals surface area contributed by atoms with Gasteiger partial charge in [0.15, 0.2) is 0 Å². The van der Waals surface area contributed by atoms with Gasteiger partial charge in [0.1, 0.15) is 5.82 Å². The summed E-state index contributed by atoms with van der Waals surface area (Å²) in [5.74, 6) is -0.765. The Bertz CT molecular complexity index is 1120. The summed E-state index contributed by atoms with van der Waals surface area (Å²) in [6, 6.07) is 7.53. The lowest BCUT2D eigenvalue weighted by Gasteiger charge is -2.13. The molecule has 0 bridgehead atoms. The first-order valence-electron chi connectivity index (χ1n) is 8.36. The average Bonchev–Trinajstić information content (AvgIpc) is 3.32. The van der Waals surface area contributed by atoms with E-state index < -0.39 is 5.82 Å². The number of nitrogens with zero attached hydrogens (tertiary/aromatic N) is 3. The standard InChI is InChI=1S/C19H16FN5O2/c1-10(12-8-21-22-9-12)23-18(26)14-7-16(13-5-3-4-6-15(13)20)24-19-17(14)11(2)25-27-19/h3-10H,1-2H3,(H,21,22)(H,23,26)/t10-/m0/s1. The number of carbonyl (C=O) groups excluding carboxylic acids is 1. The number of aromatic amines is 1. The fourth-order valence-corrected chi connectivity index (χ4v) is 2.94. The maximum atomic E-state index is 14.2. The first kappa shape index (κ1) is 16.9. The highest BCUT2D eigenvalue weighted by molar-refractivity contribution is 6.07. The summed E-state index contributed by atoms with van der Waals surface area (Å²) < 4.78 is 19.5. The molecular formula is C19H16FN5O2. The van der Waals surface area contributed by atoms with Crippen LogP contribution in [0, 0.1) is 12.7 Å². The number of H-pyrrole nitrogens is 1. The second kappa shape index (κ2) is 6.64. The molecule has 0 radical (unpaired) electrons.